The second-order valence-electron chi connectivity index (χ2n) is 4.70. The van der Waals surface area contributed by atoms with E-state index in [9.17, 15) is 9.50 Å². The lowest BCUT2D eigenvalue weighted by molar-refractivity contribution is 0.0566. The van der Waals surface area contributed by atoms with Crippen molar-refractivity contribution in [2.45, 2.75) is 18.9 Å². The fourth-order valence-electron chi connectivity index (χ4n) is 1.98. The summed E-state index contributed by atoms with van der Waals surface area (Å²) in [4.78, 5) is 0. The third kappa shape index (κ3) is 3.56. The van der Waals surface area contributed by atoms with Gasteiger partial charge in [-0.15, -0.1) is 0 Å². The Morgan fingerprint density at radius 2 is 2.00 bits per heavy atom. The highest BCUT2D eigenvalue weighted by Gasteiger charge is 2.25. The van der Waals surface area contributed by atoms with Gasteiger partial charge in [-0.3, -0.25) is 0 Å². The first kappa shape index (κ1) is 14.5. The molecule has 0 aliphatic heterocycles. The van der Waals surface area contributed by atoms with Gasteiger partial charge in [-0.2, -0.15) is 0 Å². The number of hydrogen-bond donors (Lipinski definition) is 1. The molecule has 1 N–H and O–H groups in total. The molecule has 0 fully saturated rings. The molecule has 0 bridgehead atoms. The highest BCUT2D eigenvalue weighted by molar-refractivity contribution is 9.10. The first-order valence-corrected chi connectivity index (χ1v) is 6.98. The van der Waals surface area contributed by atoms with Crippen molar-refractivity contribution in [2.75, 3.05) is 0 Å². The standard InChI is InChI=1S/C15H13BrClFO/c1-15(19,11-3-2-4-12(16)8-11)9-10-7-13(17)5-6-14(10)18/h2-8,19H,9H2,1H3. The zero-order chi connectivity index (χ0) is 14.0. The van der Waals surface area contributed by atoms with Gasteiger partial charge in [0.25, 0.3) is 0 Å². The molecule has 1 unspecified atom stereocenters. The third-order valence-corrected chi connectivity index (χ3v) is 3.72. The van der Waals surface area contributed by atoms with Crippen molar-refractivity contribution in [3.63, 3.8) is 0 Å². The van der Waals surface area contributed by atoms with Gasteiger partial charge in [0.15, 0.2) is 0 Å². The van der Waals surface area contributed by atoms with E-state index in [4.69, 9.17) is 11.6 Å². The molecule has 0 aliphatic carbocycles. The molecule has 2 aromatic rings. The smallest absolute Gasteiger partial charge is 0.126 e. The molecule has 0 heterocycles. The van der Waals surface area contributed by atoms with E-state index in [2.05, 4.69) is 15.9 Å². The molecule has 100 valence electrons. The Balaban J connectivity index is 2.33. The molecular formula is C15H13BrClFO. The van der Waals surface area contributed by atoms with Crippen molar-refractivity contribution in [2.24, 2.45) is 0 Å². The van der Waals surface area contributed by atoms with Crippen LogP contribution in [0.15, 0.2) is 46.9 Å². The summed E-state index contributed by atoms with van der Waals surface area (Å²) in [5.74, 6) is -0.361. The maximum Gasteiger partial charge on any atom is 0.126 e. The summed E-state index contributed by atoms with van der Waals surface area (Å²) >= 11 is 9.22. The van der Waals surface area contributed by atoms with E-state index < -0.39 is 5.60 Å². The molecule has 1 nitrogen and oxygen atoms in total. The zero-order valence-electron chi connectivity index (χ0n) is 10.3. The highest BCUT2D eigenvalue weighted by Crippen LogP contribution is 2.29. The Labute approximate surface area is 125 Å². The summed E-state index contributed by atoms with van der Waals surface area (Å²) in [5.41, 5.74) is -0.0336. The number of hydrogen-bond acceptors (Lipinski definition) is 1. The normalized spacial score (nSPS) is 14.2. The van der Waals surface area contributed by atoms with Gasteiger partial charge in [0.05, 0.1) is 5.60 Å². The van der Waals surface area contributed by atoms with E-state index in [0.29, 0.717) is 10.6 Å². The van der Waals surface area contributed by atoms with Crippen molar-refractivity contribution < 1.29 is 9.50 Å². The Kier molecular flexibility index (Phi) is 4.29. The summed E-state index contributed by atoms with van der Waals surface area (Å²) < 4.78 is 14.6. The van der Waals surface area contributed by atoms with E-state index in [1.54, 1.807) is 13.0 Å². The molecule has 2 aromatic carbocycles. The molecule has 0 radical (unpaired) electrons. The van der Waals surface area contributed by atoms with Gasteiger partial charge in [0.2, 0.25) is 0 Å². The van der Waals surface area contributed by atoms with Gasteiger partial charge in [-0.25, -0.2) is 4.39 Å². The van der Waals surface area contributed by atoms with Crippen LogP contribution in [0.5, 0.6) is 0 Å². The maximum atomic E-state index is 13.7. The molecule has 0 amide bonds. The van der Waals surface area contributed by atoms with Gasteiger partial charge >= 0.3 is 0 Å². The van der Waals surface area contributed by atoms with E-state index in [-0.39, 0.29) is 12.2 Å². The van der Waals surface area contributed by atoms with Crippen LogP contribution in [0.1, 0.15) is 18.1 Å². The van der Waals surface area contributed by atoms with Crippen LogP contribution in [0.4, 0.5) is 4.39 Å². The third-order valence-electron chi connectivity index (χ3n) is 2.99. The van der Waals surface area contributed by atoms with E-state index in [1.165, 1.54) is 12.1 Å². The van der Waals surface area contributed by atoms with Crippen molar-refractivity contribution in [1.29, 1.82) is 0 Å². The van der Waals surface area contributed by atoms with Crippen LogP contribution in [0.2, 0.25) is 5.02 Å². The highest BCUT2D eigenvalue weighted by atomic mass is 79.9. The summed E-state index contributed by atoms with van der Waals surface area (Å²) in [5, 5.41) is 11.0. The molecule has 1 atom stereocenters. The van der Waals surface area contributed by atoms with E-state index in [1.807, 2.05) is 24.3 Å². The predicted octanol–water partition coefficient (Wildman–Crippen LogP) is 4.69. The molecular weight excluding hydrogens is 331 g/mol. The van der Waals surface area contributed by atoms with Gasteiger partial charge in [0, 0.05) is 15.9 Å². The average molecular weight is 344 g/mol. The summed E-state index contributed by atoms with van der Waals surface area (Å²) in [7, 11) is 0. The van der Waals surface area contributed by atoms with Crippen LogP contribution in [-0.4, -0.2) is 5.11 Å². The first-order valence-electron chi connectivity index (χ1n) is 5.81. The fourth-order valence-corrected chi connectivity index (χ4v) is 2.57. The second-order valence-corrected chi connectivity index (χ2v) is 6.05. The summed E-state index contributed by atoms with van der Waals surface area (Å²) in [6, 6.07) is 11.7. The van der Waals surface area contributed by atoms with Crippen LogP contribution >= 0.6 is 27.5 Å². The Hall–Kier alpha value is -0.900. The number of halogens is 3. The van der Waals surface area contributed by atoms with Crippen LogP contribution in [-0.2, 0) is 12.0 Å². The van der Waals surface area contributed by atoms with Crippen molar-refractivity contribution >= 4 is 27.5 Å². The van der Waals surface area contributed by atoms with E-state index in [0.717, 1.165) is 10.0 Å². The minimum Gasteiger partial charge on any atom is -0.385 e. The lowest BCUT2D eigenvalue weighted by Gasteiger charge is -2.24. The molecule has 4 heteroatoms. The predicted molar refractivity (Wildman–Crippen MR) is 78.8 cm³/mol. The van der Waals surface area contributed by atoms with Crippen LogP contribution in [0.25, 0.3) is 0 Å². The number of aliphatic hydroxyl groups is 1. The monoisotopic (exact) mass is 342 g/mol. The van der Waals surface area contributed by atoms with Crippen LogP contribution in [0.3, 0.4) is 0 Å². The summed E-state index contributed by atoms with van der Waals surface area (Å²) in [6.45, 7) is 1.66. The Morgan fingerprint density at radius 3 is 2.68 bits per heavy atom. The number of benzene rings is 2. The molecule has 2 rings (SSSR count). The van der Waals surface area contributed by atoms with Crippen LogP contribution in [0, 0.1) is 5.82 Å². The lowest BCUT2D eigenvalue weighted by atomic mass is 9.89. The van der Waals surface area contributed by atoms with Crippen molar-refractivity contribution in [3.8, 4) is 0 Å². The van der Waals surface area contributed by atoms with Gasteiger partial charge < -0.3 is 5.11 Å². The molecule has 0 spiro atoms. The Bertz CT molecular complexity index is 598. The average Bonchev–Trinajstić information content (AvgIpc) is 2.33. The van der Waals surface area contributed by atoms with Crippen LogP contribution < -0.4 is 0 Å². The minimum atomic E-state index is -1.16. The molecule has 0 aliphatic rings. The number of rotatable bonds is 3. The molecule has 19 heavy (non-hydrogen) atoms. The maximum absolute atomic E-state index is 13.7. The zero-order valence-corrected chi connectivity index (χ0v) is 12.7. The second kappa shape index (κ2) is 5.61. The largest absolute Gasteiger partial charge is 0.385 e. The van der Waals surface area contributed by atoms with E-state index >= 15 is 0 Å². The fraction of sp³-hybridized carbons (Fsp3) is 0.200. The first-order chi connectivity index (χ1) is 8.88. The van der Waals surface area contributed by atoms with Gasteiger partial charge in [-0.05, 0) is 48.4 Å². The Morgan fingerprint density at radius 1 is 1.26 bits per heavy atom. The minimum absolute atomic E-state index is 0.163. The SMILES string of the molecule is CC(O)(Cc1cc(Cl)ccc1F)c1cccc(Br)c1. The van der Waals surface area contributed by atoms with Crippen molar-refractivity contribution in [3.05, 3.63) is 68.9 Å². The van der Waals surface area contributed by atoms with Gasteiger partial charge in [0.1, 0.15) is 5.82 Å². The van der Waals surface area contributed by atoms with Crippen molar-refractivity contribution in [1.82, 2.24) is 0 Å². The van der Waals surface area contributed by atoms with Gasteiger partial charge in [-0.1, -0.05) is 39.7 Å². The molecule has 0 saturated carbocycles. The molecule has 0 aromatic heterocycles. The summed E-state index contributed by atoms with van der Waals surface area (Å²) in [6.07, 6.45) is 0.163. The topological polar surface area (TPSA) is 20.2 Å². The molecule has 0 saturated heterocycles. The quantitative estimate of drug-likeness (QED) is 0.857. The lowest BCUT2D eigenvalue weighted by Crippen LogP contribution is -2.24.